The van der Waals surface area contributed by atoms with Crippen LogP contribution in [0.2, 0.25) is 0 Å². The topological polar surface area (TPSA) is 32.3 Å². The quantitative estimate of drug-likeness (QED) is 0.889. The molecule has 21 heavy (non-hydrogen) atoms. The summed E-state index contributed by atoms with van der Waals surface area (Å²) in [5.41, 5.74) is 2.70. The standard InChI is InChI=1S/C18H22N2O/c1-14-10-12-16(13-11-14)19-17(21)20(4)18(2,3)15-8-6-5-7-9-15/h5-13H,1-4H3,(H,19,21). The summed E-state index contributed by atoms with van der Waals surface area (Å²) in [5, 5.41) is 2.93. The molecule has 3 heteroatoms. The number of anilines is 1. The van der Waals surface area contributed by atoms with E-state index in [9.17, 15) is 4.79 Å². The fourth-order valence-electron chi connectivity index (χ4n) is 2.14. The van der Waals surface area contributed by atoms with Crippen LogP contribution >= 0.6 is 0 Å². The van der Waals surface area contributed by atoms with Crippen molar-refractivity contribution in [2.24, 2.45) is 0 Å². The average Bonchev–Trinajstić information content (AvgIpc) is 2.49. The van der Waals surface area contributed by atoms with E-state index < -0.39 is 0 Å². The number of rotatable bonds is 3. The van der Waals surface area contributed by atoms with Gasteiger partial charge in [0.05, 0.1) is 5.54 Å². The lowest BCUT2D eigenvalue weighted by molar-refractivity contribution is 0.168. The van der Waals surface area contributed by atoms with E-state index in [2.05, 4.69) is 5.32 Å². The number of amides is 2. The summed E-state index contributed by atoms with van der Waals surface area (Å²) >= 11 is 0. The van der Waals surface area contributed by atoms with Crippen LogP contribution in [0.3, 0.4) is 0 Å². The van der Waals surface area contributed by atoms with Crippen molar-refractivity contribution in [3.8, 4) is 0 Å². The maximum absolute atomic E-state index is 12.4. The number of hydrogen-bond acceptors (Lipinski definition) is 1. The maximum Gasteiger partial charge on any atom is 0.322 e. The summed E-state index contributed by atoms with van der Waals surface area (Å²) < 4.78 is 0. The normalized spacial score (nSPS) is 11.0. The van der Waals surface area contributed by atoms with Crippen LogP contribution in [-0.4, -0.2) is 18.0 Å². The minimum Gasteiger partial charge on any atom is -0.318 e. The van der Waals surface area contributed by atoms with Gasteiger partial charge in [0, 0.05) is 12.7 Å². The molecule has 3 nitrogen and oxygen atoms in total. The molecule has 2 aromatic carbocycles. The Balaban J connectivity index is 2.13. The van der Waals surface area contributed by atoms with Crippen molar-refractivity contribution in [1.29, 1.82) is 0 Å². The van der Waals surface area contributed by atoms with Crippen molar-refractivity contribution < 1.29 is 4.79 Å². The van der Waals surface area contributed by atoms with E-state index in [1.807, 2.05) is 82.4 Å². The van der Waals surface area contributed by atoms with Crippen LogP contribution in [0.25, 0.3) is 0 Å². The molecule has 0 atom stereocenters. The molecule has 0 aliphatic heterocycles. The highest BCUT2D eigenvalue weighted by Crippen LogP contribution is 2.26. The summed E-state index contributed by atoms with van der Waals surface area (Å²) in [4.78, 5) is 14.2. The number of hydrogen-bond donors (Lipinski definition) is 1. The smallest absolute Gasteiger partial charge is 0.318 e. The Hall–Kier alpha value is -2.29. The molecule has 2 amide bonds. The molecule has 0 bridgehead atoms. The monoisotopic (exact) mass is 282 g/mol. The minimum absolute atomic E-state index is 0.118. The van der Waals surface area contributed by atoms with Crippen LogP contribution in [0, 0.1) is 6.92 Å². The first-order chi connectivity index (χ1) is 9.91. The van der Waals surface area contributed by atoms with Gasteiger partial charge < -0.3 is 10.2 Å². The Morgan fingerprint density at radius 2 is 1.57 bits per heavy atom. The van der Waals surface area contributed by atoms with Crippen molar-refractivity contribution in [3.63, 3.8) is 0 Å². The van der Waals surface area contributed by atoms with Crippen molar-refractivity contribution in [1.82, 2.24) is 4.90 Å². The number of aryl methyl sites for hydroxylation is 1. The molecule has 110 valence electrons. The van der Waals surface area contributed by atoms with Crippen LogP contribution < -0.4 is 5.32 Å². The van der Waals surface area contributed by atoms with Crippen LogP contribution in [-0.2, 0) is 5.54 Å². The minimum atomic E-state index is -0.379. The predicted molar refractivity (Wildman–Crippen MR) is 87.4 cm³/mol. The van der Waals surface area contributed by atoms with Crippen LogP contribution in [0.5, 0.6) is 0 Å². The molecule has 0 aliphatic carbocycles. The Morgan fingerprint density at radius 3 is 2.14 bits per heavy atom. The van der Waals surface area contributed by atoms with Gasteiger partial charge >= 0.3 is 6.03 Å². The molecule has 2 aromatic rings. The first-order valence-electron chi connectivity index (χ1n) is 7.08. The molecule has 2 rings (SSSR count). The zero-order valence-corrected chi connectivity index (χ0v) is 13.1. The van der Waals surface area contributed by atoms with Crippen molar-refractivity contribution in [2.45, 2.75) is 26.3 Å². The number of carbonyl (C=O) groups excluding carboxylic acids is 1. The predicted octanol–water partition coefficient (Wildman–Crippen LogP) is 4.39. The summed E-state index contributed by atoms with van der Waals surface area (Å²) in [6.45, 7) is 6.10. The average molecular weight is 282 g/mol. The third-order valence-corrected chi connectivity index (χ3v) is 3.93. The molecular weight excluding hydrogens is 260 g/mol. The molecule has 0 aromatic heterocycles. The first kappa shape index (κ1) is 15.1. The maximum atomic E-state index is 12.4. The zero-order chi connectivity index (χ0) is 15.5. The number of urea groups is 1. The molecule has 0 aliphatic rings. The Labute approximate surface area is 126 Å². The second kappa shape index (κ2) is 6.00. The van der Waals surface area contributed by atoms with E-state index >= 15 is 0 Å². The van der Waals surface area contributed by atoms with Crippen molar-refractivity contribution in [3.05, 3.63) is 65.7 Å². The summed E-state index contributed by atoms with van der Waals surface area (Å²) in [6, 6.07) is 17.7. The van der Waals surface area contributed by atoms with Gasteiger partial charge in [0.2, 0.25) is 0 Å². The highest BCUT2D eigenvalue weighted by atomic mass is 16.2. The first-order valence-corrected chi connectivity index (χ1v) is 7.08. The molecule has 1 N–H and O–H groups in total. The SMILES string of the molecule is Cc1ccc(NC(=O)N(C)C(C)(C)c2ccccc2)cc1. The van der Waals surface area contributed by atoms with E-state index in [0.717, 1.165) is 11.3 Å². The molecule has 0 spiro atoms. The van der Waals surface area contributed by atoms with Gasteiger partial charge in [0.15, 0.2) is 0 Å². The van der Waals surface area contributed by atoms with Gasteiger partial charge in [-0.25, -0.2) is 4.79 Å². The van der Waals surface area contributed by atoms with Gasteiger partial charge in [-0.15, -0.1) is 0 Å². The molecule has 0 unspecified atom stereocenters. The second-order valence-corrected chi connectivity index (χ2v) is 5.78. The summed E-state index contributed by atoms with van der Waals surface area (Å²) in [6.07, 6.45) is 0. The van der Waals surface area contributed by atoms with Crippen LogP contribution in [0.1, 0.15) is 25.0 Å². The Bertz CT molecular complexity index is 603. The zero-order valence-electron chi connectivity index (χ0n) is 13.1. The lowest BCUT2D eigenvalue weighted by Crippen LogP contribution is -2.44. The van der Waals surface area contributed by atoms with Gasteiger partial charge in [-0.3, -0.25) is 0 Å². The summed E-state index contributed by atoms with van der Waals surface area (Å²) in [5.74, 6) is 0. The molecule has 0 saturated carbocycles. The van der Waals surface area contributed by atoms with Gasteiger partial charge in [0.25, 0.3) is 0 Å². The van der Waals surface area contributed by atoms with Crippen molar-refractivity contribution >= 4 is 11.7 Å². The Morgan fingerprint density at radius 1 is 1.00 bits per heavy atom. The van der Waals surface area contributed by atoms with E-state index in [4.69, 9.17) is 0 Å². The van der Waals surface area contributed by atoms with Gasteiger partial charge in [0.1, 0.15) is 0 Å². The van der Waals surface area contributed by atoms with E-state index in [0.29, 0.717) is 0 Å². The molecule has 0 saturated heterocycles. The Kier molecular flexibility index (Phi) is 4.32. The fourth-order valence-corrected chi connectivity index (χ4v) is 2.14. The highest BCUT2D eigenvalue weighted by Gasteiger charge is 2.29. The molecule has 0 radical (unpaired) electrons. The van der Waals surface area contributed by atoms with Crippen LogP contribution in [0.15, 0.2) is 54.6 Å². The number of benzene rings is 2. The summed E-state index contributed by atoms with van der Waals surface area (Å²) in [7, 11) is 1.82. The largest absolute Gasteiger partial charge is 0.322 e. The highest BCUT2D eigenvalue weighted by molar-refractivity contribution is 5.89. The lowest BCUT2D eigenvalue weighted by Gasteiger charge is -2.36. The van der Waals surface area contributed by atoms with E-state index in [-0.39, 0.29) is 11.6 Å². The van der Waals surface area contributed by atoms with E-state index in [1.54, 1.807) is 4.90 Å². The lowest BCUT2D eigenvalue weighted by atomic mass is 9.93. The van der Waals surface area contributed by atoms with Gasteiger partial charge in [-0.05, 0) is 38.5 Å². The number of nitrogens with one attached hydrogen (secondary N) is 1. The molecule has 0 heterocycles. The van der Waals surface area contributed by atoms with Gasteiger partial charge in [-0.1, -0.05) is 48.0 Å². The molecule has 0 fully saturated rings. The number of carbonyl (C=O) groups is 1. The fraction of sp³-hybridized carbons (Fsp3) is 0.278. The third kappa shape index (κ3) is 3.43. The van der Waals surface area contributed by atoms with Crippen molar-refractivity contribution in [2.75, 3.05) is 12.4 Å². The number of nitrogens with zero attached hydrogens (tertiary/aromatic N) is 1. The van der Waals surface area contributed by atoms with Gasteiger partial charge in [-0.2, -0.15) is 0 Å². The van der Waals surface area contributed by atoms with E-state index in [1.165, 1.54) is 5.56 Å². The van der Waals surface area contributed by atoms with Crippen LogP contribution in [0.4, 0.5) is 10.5 Å². The molecular formula is C18H22N2O. The second-order valence-electron chi connectivity index (χ2n) is 5.78. The third-order valence-electron chi connectivity index (χ3n) is 3.93.